The van der Waals surface area contributed by atoms with Crippen molar-refractivity contribution in [3.63, 3.8) is 0 Å². The maximum atomic E-state index is 5.95. The summed E-state index contributed by atoms with van der Waals surface area (Å²) in [4.78, 5) is 4.19. The van der Waals surface area contributed by atoms with E-state index in [1.54, 1.807) is 12.3 Å². The molecule has 0 aliphatic heterocycles. The molecule has 0 amide bonds. The van der Waals surface area contributed by atoms with Crippen molar-refractivity contribution in [2.75, 3.05) is 0 Å². The maximum absolute atomic E-state index is 5.95. The molecule has 0 aliphatic carbocycles. The minimum atomic E-state index is 0.629. The van der Waals surface area contributed by atoms with Crippen LogP contribution in [0.3, 0.4) is 0 Å². The van der Waals surface area contributed by atoms with Crippen molar-refractivity contribution < 1.29 is 0 Å². The Morgan fingerprint density at radius 1 is 1.06 bits per heavy atom. The number of pyridine rings is 1. The Morgan fingerprint density at radius 2 is 1.88 bits per heavy atom. The van der Waals surface area contributed by atoms with Gasteiger partial charge in [-0.3, -0.25) is 4.98 Å². The molecule has 2 rings (SSSR count). The standard InChI is InChI=1S/C12H7BrCl2N/c13-9-3-8(4-11(15)6-9)5-12-2-1-10(14)7-16-12/h1-7H. The summed E-state index contributed by atoms with van der Waals surface area (Å²) in [6, 6.07) is 9.36. The first kappa shape index (κ1) is 11.9. The zero-order valence-corrected chi connectivity index (χ0v) is 11.2. The quantitative estimate of drug-likeness (QED) is 0.779. The molecule has 1 nitrogen and oxygen atoms in total. The lowest BCUT2D eigenvalue weighted by Gasteiger charge is -2.02. The molecule has 1 aromatic carbocycles. The summed E-state index contributed by atoms with van der Waals surface area (Å²) in [6.07, 6.45) is 3.56. The van der Waals surface area contributed by atoms with E-state index < -0.39 is 0 Å². The number of hydrogen-bond acceptors (Lipinski definition) is 1. The predicted octanol–water partition coefficient (Wildman–Crippen LogP) is 4.75. The van der Waals surface area contributed by atoms with Crippen LogP contribution in [0.4, 0.5) is 0 Å². The highest BCUT2D eigenvalue weighted by molar-refractivity contribution is 9.10. The summed E-state index contributed by atoms with van der Waals surface area (Å²) >= 11 is 15.1. The van der Waals surface area contributed by atoms with Crippen LogP contribution in [-0.2, 0) is 0 Å². The Bertz CT molecular complexity index is 477. The fraction of sp³-hybridized carbons (Fsp3) is 0. The number of aromatic nitrogens is 1. The summed E-state index contributed by atoms with van der Waals surface area (Å²) in [5, 5.41) is 1.32. The first-order valence-corrected chi connectivity index (χ1v) is 6.11. The van der Waals surface area contributed by atoms with E-state index in [0.717, 1.165) is 15.7 Å². The molecule has 0 spiro atoms. The Kier molecular flexibility index (Phi) is 3.85. The van der Waals surface area contributed by atoms with Crippen LogP contribution in [0, 0.1) is 6.42 Å². The third kappa shape index (κ3) is 3.21. The molecule has 0 saturated carbocycles. The lowest BCUT2D eigenvalue weighted by molar-refractivity contribution is 1.22. The van der Waals surface area contributed by atoms with E-state index in [4.69, 9.17) is 23.2 Å². The van der Waals surface area contributed by atoms with Gasteiger partial charge in [0, 0.05) is 27.8 Å². The van der Waals surface area contributed by atoms with E-state index in [1.165, 1.54) is 0 Å². The van der Waals surface area contributed by atoms with Gasteiger partial charge in [0.25, 0.3) is 0 Å². The molecule has 0 saturated heterocycles. The highest BCUT2D eigenvalue weighted by atomic mass is 79.9. The molecule has 0 unspecified atom stereocenters. The van der Waals surface area contributed by atoms with Gasteiger partial charge in [-0.05, 0) is 35.9 Å². The fourth-order valence-corrected chi connectivity index (χ4v) is 2.30. The normalized spacial score (nSPS) is 10.4. The molecule has 0 aliphatic rings. The lowest BCUT2D eigenvalue weighted by Crippen LogP contribution is -1.89. The smallest absolute Gasteiger partial charge is 0.0589 e. The van der Waals surface area contributed by atoms with Crippen molar-refractivity contribution in [3.8, 4) is 0 Å². The average Bonchev–Trinajstić information content (AvgIpc) is 2.20. The first-order chi connectivity index (χ1) is 7.63. The molecule has 1 heterocycles. The van der Waals surface area contributed by atoms with Crippen molar-refractivity contribution in [1.82, 2.24) is 4.98 Å². The van der Waals surface area contributed by atoms with Crippen molar-refractivity contribution in [2.45, 2.75) is 0 Å². The largest absolute Gasteiger partial charge is 0.259 e. The SMILES string of the molecule is Clc1ccc([CH]c2cc(Cl)cc(Br)c2)nc1. The Morgan fingerprint density at radius 3 is 2.50 bits per heavy atom. The number of benzene rings is 1. The molecule has 0 N–H and O–H groups in total. The van der Waals surface area contributed by atoms with E-state index in [0.29, 0.717) is 10.0 Å². The van der Waals surface area contributed by atoms with Gasteiger partial charge in [-0.15, -0.1) is 0 Å². The molecular weight excluding hydrogens is 309 g/mol. The zero-order chi connectivity index (χ0) is 11.5. The second-order valence-corrected chi connectivity index (χ2v) is 5.04. The first-order valence-electron chi connectivity index (χ1n) is 4.56. The van der Waals surface area contributed by atoms with E-state index >= 15 is 0 Å². The van der Waals surface area contributed by atoms with Crippen LogP contribution in [0.1, 0.15) is 11.3 Å². The fourth-order valence-electron chi connectivity index (χ4n) is 1.30. The van der Waals surface area contributed by atoms with E-state index in [1.807, 2.05) is 30.7 Å². The third-order valence-corrected chi connectivity index (χ3v) is 2.85. The highest BCUT2D eigenvalue weighted by Gasteiger charge is 2.01. The van der Waals surface area contributed by atoms with Crippen molar-refractivity contribution in [3.05, 3.63) is 68.7 Å². The average molecular weight is 316 g/mol. The van der Waals surface area contributed by atoms with Crippen LogP contribution in [0.5, 0.6) is 0 Å². The summed E-state index contributed by atoms with van der Waals surface area (Å²) in [5.41, 5.74) is 1.84. The van der Waals surface area contributed by atoms with Crippen LogP contribution < -0.4 is 0 Å². The van der Waals surface area contributed by atoms with Crippen LogP contribution in [0.15, 0.2) is 41.0 Å². The van der Waals surface area contributed by atoms with E-state index in [-0.39, 0.29) is 0 Å². The minimum absolute atomic E-state index is 0.629. The summed E-state index contributed by atoms with van der Waals surface area (Å²) in [6.45, 7) is 0. The summed E-state index contributed by atoms with van der Waals surface area (Å²) in [7, 11) is 0. The maximum Gasteiger partial charge on any atom is 0.0589 e. The van der Waals surface area contributed by atoms with Gasteiger partial charge in [0.15, 0.2) is 0 Å². The molecule has 4 heteroatoms. The summed E-state index contributed by atoms with van der Waals surface area (Å²) in [5.74, 6) is 0. The van der Waals surface area contributed by atoms with Crippen LogP contribution in [0.25, 0.3) is 0 Å². The molecule has 0 atom stereocenters. The van der Waals surface area contributed by atoms with Gasteiger partial charge >= 0.3 is 0 Å². The second kappa shape index (κ2) is 5.17. The monoisotopic (exact) mass is 314 g/mol. The molecule has 81 valence electrons. The second-order valence-electron chi connectivity index (χ2n) is 3.25. The highest BCUT2D eigenvalue weighted by Crippen LogP contribution is 2.22. The molecule has 1 aromatic heterocycles. The van der Waals surface area contributed by atoms with Crippen molar-refractivity contribution in [2.24, 2.45) is 0 Å². The third-order valence-electron chi connectivity index (χ3n) is 1.95. The topological polar surface area (TPSA) is 12.9 Å². The predicted molar refractivity (Wildman–Crippen MR) is 70.9 cm³/mol. The molecule has 0 fully saturated rings. The van der Waals surface area contributed by atoms with Gasteiger partial charge in [0.2, 0.25) is 0 Å². The lowest BCUT2D eigenvalue weighted by atomic mass is 10.1. The van der Waals surface area contributed by atoms with Gasteiger partial charge < -0.3 is 0 Å². The molecular formula is C12H7BrCl2N. The Hall–Kier alpha value is -0.570. The van der Waals surface area contributed by atoms with Gasteiger partial charge in [0.1, 0.15) is 0 Å². The van der Waals surface area contributed by atoms with Gasteiger partial charge in [-0.1, -0.05) is 39.1 Å². The number of hydrogen-bond donors (Lipinski definition) is 0. The van der Waals surface area contributed by atoms with Crippen LogP contribution >= 0.6 is 39.1 Å². The Labute approximate surface area is 113 Å². The molecule has 16 heavy (non-hydrogen) atoms. The van der Waals surface area contributed by atoms with Gasteiger partial charge in [-0.25, -0.2) is 0 Å². The van der Waals surface area contributed by atoms with Crippen molar-refractivity contribution >= 4 is 39.1 Å². The van der Waals surface area contributed by atoms with E-state index in [2.05, 4.69) is 20.9 Å². The summed E-state index contributed by atoms with van der Waals surface area (Å²) < 4.78 is 0.945. The number of nitrogens with zero attached hydrogens (tertiary/aromatic N) is 1. The van der Waals surface area contributed by atoms with Gasteiger partial charge in [-0.2, -0.15) is 0 Å². The number of halogens is 3. The van der Waals surface area contributed by atoms with Crippen LogP contribution in [-0.4, -0.2) is 4.98 Å². The zero-order valence-electron chi connectivity index (χ0n) is 8.12. The number of rotatable bonds is 2. The van der Waals surface area contributed by atoms with Crippen LogP contribution in [0.2, 0.25) is 10.0 Å². The molecule has 0 bridgehead atoms. The molecule has 1 radical (unpaired) electrons. The minimum Gasteiger partial charge on any atom is -0.259 e. The molecule has 2 aromatic rings. The van der Waals surface area contributed by atoms with Gasteiger partial charge in [0.05, 0.1) is 5.02 Å². The van der Waals surface area contributed by atoms with Crippen molar-refractivity contribution in [1.29, 1.82) is 0 Å². The van der Waals surface area contributed by atoms with E-state index in [9.17, 15) is 0 Å². The Balaban J connectivity index is 2.23.